The molecule has 0 saturated carbocycles. The molecule has 2 aromatic heterocycles. The summed E-state index contributed by atoms with van der Waals surface area (Å²) in [5.74, 6) is 1.04. The van der Waals surface area contributed by atoms with E-state index in [1.54, 1.807) is 36.5 Å². The summed E-state index contributed by atoms with van der Waals surface area (Å²) in [5.41, 5.74) is 1.41. The first kappa shape index (κ1) is 10.5. The normalized spacial score (nSPS) is 10.4. The summed E-state index contributed by atoms with van der Waals surface area (Å²) in [4.78, 5) is 8.39. The van der Waals surface area contributed by atoms with Crippen molar-refractivity contribution in [3.05, 3.63) is 48.7 Å². The SMILES string of the molecule is Oc1ccc(-c2noc(-c3ccccn3)n2)cc1. The van der Waals surface area contributed by atoms with Crippen LogP contribution in [0.15, 0.2) is 53.2 Å². The summed E-state index contributed by atoms with van der Waals surface area (Å²) >= 11 is 0. The first-order valence-electron chi connectivity index (χ1n) is 5.37. The lowest BCUT2D eigenvalue weighted by Crippen LogP contribution is -1.82. The minimum Gasteiger partial charge on any atom is -0.508 e. The van der Waals surface area contributed by atoms with E-state index in [1.165, 1.54) is 0 Å². The molecule has 1 N–H and O–H groups in total. The van der Waals surface area contributed by atoms with Crippen LogP contribution >= 0.6 is 0 Å². The van der Waals surface area contributed by atoms with Gasteiger partial charge in [0.1, 0.15) is 11.4 Å². The Kier molecular flexibility index (Phi) is 2.49. The van der Waals surface area contributed by atoms with Crippen LogP contribution in [-0.2, 0) is 0 Å². The van der Waals surface area contributed by atoms with Crippen molar-refractivity contribution >= 4 is 0 Å². The number of nitrogens with zero attached hydrogens (tertiary/aromatic N) is 3. The van der Waals surface area contributed by atoms with Crippen molar-refractivity contribution < 1.29 is 9.63 Å². The molecule has 5 heteroatoms. The number of aromatic nitrogens is 3. The monoisotopic (exact) mass is 239 g/mol. The van der Waals surface area contributed by atoms with Gasteiger partial charge in [-0.05, 0) is 36.4 Å². The van der Waals surface area contributed by atoms with Crippen LogP contribution in [0.4, 0.5) is 0 Å². The molecule has 0 spiro atoms. The Morgan fingerprint density at radius 3 is 2.56 bits per heavy atom. The lowest BCUT2D eigenvalue weighted by Gasteiger charge is -1.93. The number of rotatable bonds is 2. The molecule has 3 rings (SSSR count). The van der Waals surface area contributed by atoms with Gasteiger partial charge in [-0.2, -0.15) is 4.98 Å². The van der Waals surface area contributed by atoms with E-state index in [0.717, 1.165) is 5.56 Å². The molecule has 0 aliphatic carbocycles. The van der Waals surface area contributed by atoms with Crippen LogP contribution in [0.3, 0.4) is 0 Å². The predicted molar refractivity (Wildman–Crippen MR) is 64.6 cm³/mol. The molecule has 0 amide bonds. The van der Waals surface area contributed by atoms with Crippen LogP contribution in [0.25, 0.3) is 23.0 Å². The molecule has 18 heavy (non-hydrogen) atoms. The average Bonchev–Trinajstić information content (AvgIpc) is 2.90. The smallest absolute Gasteiger partial charge is 0.276 e. The fourth-order valence-electron chi connectivity index (χ4n) is 1.54. The highest BCUT2D eigenvalue weighted by Gasteiger charge is 2.10. The maximum absolute atomic E-state index is 9.21. The van der Waals surface area contributed by atoms with Gasteiger partial charge in [0, 0.05) is 11.8 Å². The first-order valence-corrected chi connectivity index (χ1v) is 5.37. The topological polar surface area (TPSA) is 72.0 Å². The van der Waals surface area contributed by atoms with E-state index in [1.807, 2.05) is 12.1 Å². The zero-order valence-corrected chi connectivity index (χ0v) is 9.32. The van der Waals surface area contributed by atoms with Crippen LogP contribution in [0.2, 0.25) is 0 Å². The highest BCUT2D eigenvalue weighted by Crippen LogP contribution is 2.22. The van der Waals surface area contributed by atoms with Crippen molar-refractivity contribution in [3.8, 4) is 28.7 Å². The minimum absolute atomic E-state index is 0.201. The van der Waals surface area contributed by atoms with Crippen molar-refractivity contribution in [3.63, 3.8) is 0 Å². The molecule has 0 unspecified atom stereocenters. The van der Waals surface area contributed by atoms with Gasteiger partial charge < -0.3 is 9.63 Å². The fourth-order valence-corrected chi connectivity index (χ4v) is 1.54. The predicted octanol–water partition coefficient (Wildman–Crippen LogP) is 2.50. The fraction of sp³-hybridized carbons (Fsp3) is 0. The quantitative estimate of drug-likeness (QED) is 0.743. The number of hydrogen-bond acceptors (Lipinski definition) is 5. The summed E-state index contributed by atoms with van der Waals surface area (Å²) in [6.07, 6.45) is 1.67. The molecule has 0 radical (unpaired) electrons. The van der Waals surface area contributed by atoms with Crippen LogP contribution in [0.1, 0.15) is 0 Å². The van der Waals surface area contributed by atoms with Gasteiger partial charge >= 0.3 is 0 Å². The van der Waals surface area contributed by atoms with E-state index in [-0.39, 0.29) is 5.75 Å². The van der Waals surface area contributed by atoms with Crippen molar-refractivity contribution in [2.45, 2.75) is 0 Å². The molecule has 3 aromatic rings. The van der Waals surface area contributed by atoms with E-state index in [0.29, 0.717) is 17.4 Å². The standard InChI is InChI=1S/C13H9N3O2/c17-10-6-4-9(5-7-10)12-15-13(18-16-12)11-3-1-2-8-14-11/h1-8,17H. The van der Waals surface area contributed by atoms with Gasteiger partial charge in [-0.3, -0.25) is 4.98 Å². The molecule has 0 aliphatic rings. The van der Waals surface area contributed by atoms with E-state index in [4.69, 9.17) is 4.52 Å². The van der Waals surface area contributed by atoms with Gasteiger partial charge in [-0.25, -0.2) is 0 Å². The number of phenolic OH excluding ortho intramolecular Hbond substituents is 1. The van der Waals surface area contributed by atoms with Crippen LogP contribution in [-0.4, -0.2) is 20.2 Å². The molecule has 0 bridgehead atoms. The van der Waals surface area contributed by atoms with E-state index < -0.39 is 0 Å². The number of phenols is 1. The maximum Gasteiger partial charge on any atom is 0.276 e. The Hall–Kier alpha value is -2.69. The van der Waals surface area contributed by atoms with Crippen LogP contribution in [0, 0.1) is 0 Å². The van der Waals surface area contributed by atoms with Crippen molar-refractivity contribution in [2.75, 3.05) is 0 Å². The third kappa shape index (κ3) is 1.93. The number of hydrogen-bond donors (Lipinski definition) is 1. The summed E-state index contributed by atoms with van der Waals surface area (Å²) in [6, 6.07) is 12.1. The Morgan fingerprint density at radius 2 is 1.83 bits per heavy atom. The van der Waals surface area contributed by atoms with Gasteiger partial charge in [0.2, 0.25) is 5.82 Å². The second kappa shape index (κ2) is 4.29. The lowest BCUT2D eigenvalue weighted by molar-refractivity contribution is 0.431. The van der Waals surface area contributed by atoms with Gasteiger partial charge in [0.05, 0.1) is 0 Å². The molecule has 5 nitrogen and oxygen atoms in total. The van der Waals surface area contributed by atoms with Gasteiger partial charge in [0.15, 0.2) is 0 Å². The Labute approximate surface area is 103 Å². The van der Waals surface area contributed by atoms with E-state index in [2.05, 4.69) is 15.1 Å². The lowest BCUT2D eigenvalue weighted by atomic mass is 10.2. The average molecular weight is 239 g/mol. The van der Waals surface area contributed by atoms with Gasteiger partial charge in [-0.15, -0.1) is 0 Å². The molecule has 88 valence electrons. The van der Waals surface area contributed by atoms with Crippen molar-refractivity contribution in [1.29, 1.82) is 0 Å². The zero-order valence-electron chi connectivity index (χ0n) is 9.32. The maximum atomic E-state index is 9.21. The number of pyridine rings is 1. The highest BCUT2D eigenvalue weighted by molar-refractivity contribution is 5.58. The molecule has 0 atom stereocenters. The van der Waals surface area contributed by atoms with Crippen molar-refractivity contribution in [2.24, 2.45) is 0 Å². The van der Waals surface area contributed by atoms with Gasteiger partial charge in [0.25, 0.3) is 5.89 Å². The molecule has 0 aliphatic heterocycles. The van der Waals surface area contributed by atoms with E-state index >= 15 is 0 Å². The Balaban J connectivity index is 1.97. The summed E-state index contributed by atoms with van der Waals surface area (Å²) in [7, 11) is 0. The molecule has 2 heterocycles. The first-order chi connectivity index (χ1) is 8.83. The molecule has 0 saturated heterocycles. The third-order valence-corrected chi connectivity index (χ3v) is 2.44. The van der Waals surface area contributed by atoms with E-state index in [9.17, 15) is 5.11 Å². The van der Waals surface area contributed by atoms with Crippen LogP contribution in [0.5, 0.6) is 5.75 Å². The number of benzene rings is 1. The number of aromatic hydroxyl groups is 1. The van der Waals surface area contributed by atoms with Crippen LogP contribution < -0.4 is 0 Å². The molecule has 0 fully saturated rings. The Bertz CT molecular complexity index is 648. The summed E-state index contributed by atoms with van der Waals surface area (Å²) in [6.45, 7) is 0. The summed E-state index contributed by atoms with van der Waals surface area (Å²) in [5, 5.41) is 13.1. The van der Waals surface area contributed by atoms with Crippen molar-refractivity contribution in [1.82, 2.24) is 15.1 Å². The second-order valence-corrected chi connectivity index (χ2v) is 3.68. The van der Waals surface area contributed by atoms with Gasteiger partial charge in [-0.1, -0.05) is 11.2 Å². The summed E-state index contributed by atoms with van der Waals surface area (Å²) < 4.78 is 5.15. The zero-order chi connectivity index (χ0) is 12.4. The minimum atomic E-state index is 0.201. The molecular formula is C13H9N3O2. The Morgan fingerprint density at radius 1 is 1.00 bits per heavy atom. The molecule has 1 aromatic carbocycles. The molecular weight excluding hydrogens is 230 g/mol. The largest absolute Gasteiger partial charge is 0.508 e. The third-order valence-electron chi connectivity index (χ3n) is 2.44. The second-order valence-electron chi connectivity index (χ2n) is 3.68. The highest BCUT2D eigenvalue weighted by atomic mass is 16.5.